The van der Waals surface area contributed by atoms with Gasteiger partial charge in [-0.15, -0.1) is 0 Å². The van der Waals surface area contributed by atoms with Crippen molar-refractivity contribution in [1.82, 2.24) is 5.16 Å². The van der Waals surface area contributed by atoms with Crippen LogP contribution in [0, 0.1) is 5.92 Å². The van der Waals surface area contributed by atoms with E-state index in [1.807, 2.05) is 18.2 Å². The van der Waals surface area contributed by atoms with E-state index in [0.717, 1.165) is 42.7 Å². The van der Waals surface area contributed by atoms with Crippen LogP contribution in [0.4, 0.5) is 5.69 Å². The van der Waals surface area contributed by atoms with Crippen LogP contribution in [-0.4, -0.2) is 23.2 Å². The van der Waals surface area contributed by atoms with Crippen molar-refractivity contribution in [1.29, 1.82) is 0 Å². The van der Waals surface area contributed by atoms with E-state index >= 15 is 0 Å². The molecule has 39 heavy (non-hydrogen) atoms. The number of fused-ring (bicyclic) bond motifs is 2. The number of hydrogen-bond donors (Lipinski definition) is 0. The smallest absolute Gasteiger partial charge is 0.233 e. The number of piperidine rings is 1. The van der Waals surface area contributed by atoms with Gasteiger partial charge in [0, 0.05) is 28.8 Å². The van der Waals surface area contributed by atoms with Crippen molar-refractivity contribution < 1.29 is 14.1 Å². The molecule has 7 heteroatoms. The predicted octanol–water partition coefficient (Wildman–Crippen LogP) is 8.41. The van der Waals surface area contributed by atoms with Gasteiger partial charge in [0.05, 0.1) is 28.7 Å². The standard InChI is InChI=1S/C32H34Cl2N2O3/c1-32(2,3)23-12-11-19(17-7-8-17)13-26(23)36-20-14-21(31(36)37)27(15-20)38-16-22-29(35-39-30(22)18-9-10-18)28-24(33)5-4-6-25(28)34/h4-6,11-13,17-18,20-21,27H,7-10,14-16H2,1-3H3/t20-,21+,27+/m0/s1. The number of halogens is 2. The molecule has 3 atom stereocenters. The topological polar surface area (TPSA) is 55.6 Å². The van der Waals surface area contributed by atoms with Crippen LogP contribution in [0.2, 0.25) is 10.0 Å². The minimum Gasteiger partial charge on any atom is -0.372 e. The molecule has 4 fully saturated rings. The Balaban J connectivity index is 1.14. The Hall–Kier alpha value is -2.34. The summed E-state index contributed by atoms with van der Waals surface area (Å²) in [6, 6.07) is 12.4. The van der Waals surface area contributed by atoms with Gasteiger partial charge in [0.1, 0.15) is 11.5 Å². The normalized spacial score (nSPS) is 24.7. The van der Waals surface area contributed by atoms with Gasteiger partial charge in [-0.1, -0.05) is 67.3 Å². The summed E-state index contributed by atoms with van der Waals surface area (Å²) in [5.41, 5.74) is 5.91. The number of hydrogen-bond acceptors (Lipinski definition) is 4. The predicted molar refractivity (Wildman–Crippen MR) is 154 cm³/mol. The quantitative estimate of drug-likeness (QED) is 0.289. The number of carbonyl (C=O) groups excluding carboxylic acids is 1. The largest absolute Gasteiger partial charge is 0.372 e. The fourth-order valence-corrected chi connectivity index (χ4v) is 7.17. The molecule has 2 heterocycles. The summed E-state index contributed by atoms with van der Waals surface area (Å²) in [7, 11) is 0. The molecule has 7 rings (SSSR count). The van der Waals surface area contributed by atoms with Crippen molar-refractivity contribution in [3.63, 3.8) is 0 Å². The Morgan fingerprint density at radius 1 is 1.03 bits per heavy atom. The van der Waals surface area contributed by atoms with Crippen LogP contribution in [0.3, 0.4) is 0 Å². The van der Waals surface area contributed by atoms with Crippen LogP contribution in [0.25, 0.3) is 11.3 Å². The highest BCUT2D eigenvalue weighted by atomic mass is 35.5. The summed E-state index contributed by atoms with van der Waals surface area (Å²) in [6.07, 6.45) is 6.20. The molecule has 0 radical (unpaired) electrons. The number of amides is 1. The Morgan fingerprint density at radius 2 is 1.74 bits per heavy atom. The Labute approximate surface area is 239 Å². The SMILES string of the molecule is CC(C)(C)c1ccc(C2CC2)cc1N1C(=O)[C@@H]2C[C@H]1C[C@H]2OCc1c(-c2c(Cl)cccc2Cl)noc1C1CC1. The van der Waals surface area contributed by atoms with Crippen molar-refractivity contribution in [3.8, 4) is 11.3 Å². The van der Waals surface area contributed by atoms with Crippen LogP contribution < -0.4 is 4.90 Å². The molecule has 204 valence electrons. The molecule has 3 aliphatic carbocycles. The monoisotopic (exact) mass is 564 g/mol. The first kappa shape index (κ1) is 25.6. The maximum atomic E-state index is 13.9. The first-order valence-electron chi connectivity index (χ1n) is 14.2. The van der Waals surface area contributed by atoms with Crippen molar-refractivity contribution in [2.45, 2.75) is 95.3 Å². The lowest BCUT2D eigenvalue weighted by Crippen LogP contribution is -2.44. The average Bonchev–Trinajstić information content (AvgIpc) is 3.81. The van der Waals surface area contributed by atoms with E-state index in [2.05, 4.69) is 49.0 Å². The molecule has 1 aromatic heterocycles. The molecular weight excluding hydrogens is 531 g/mol. The molecule has 1 saturated heterocycles. The molecule has 1 amide bonds. The van der Waals surface area contributed by atoms with E-state index in [9.17, 15) is 4.79 Å². The molecule has 0 N–H and O–H groups in total. The molecule has 3 aromatic rings. The molecule has 0 spiro atoms. The molecule has 2 bridgehead atoms. The number of rotatable bonds is 7. The van der Waals surface area contributed by atoms with Gasteiger partial charge in [-0.25, -0.2) is 0 Å². The third-order valence-electron chi connectivity index (χ3n) is 8.95. The number of nitrogens with zero attached hydrogens (tertiary/aromatic N) is 2. The fourth-order valence-electron chi connectivity index (χ4n) is 6.59. The lowest BCUT2D eigenvalue weighted by Gasteiger charge is -2.35. The fraction of sp³-hybridized carbons (Fsp3) is 0.500. The molecule has 4 aliphatic rings. The highest BCUT2D eigenvalue weighted by molar-refractivity contribution is 6.39. The minimum atomic E-state index is -0.135. The van der Waals surface area contributed by atoms with Gasteiger partial charge in [0.2, 0.25) is 5.91 Å². The third kappa shape index (κ3) is 4.51. The first-order chi connectivity index (χ1) is 18.7. The van der Waals surface area contributed by atoms with Gasteiger partial charge in [-0.2, -0.15) is 0 Å². The first-order valence-corrected chi connectivity index (χ1v) is 15.0. The van der Waals surface area contributed by atoms with E-state index in [1.165, 1.54) is 24.0 Å². The highest BCUT2D eigenvalue weighted by Crippen LogP contribution is 2.50. The van der Waals surface area contributed by atoms with E-state index in [0.29, 0.717) is 39.7 Å². The van der Waals surface area contributed by atoms with Crippen LogP contribution in [0.5, 0.6) is 0 Å². The summed E-state index contributed by atoms with van der Waals surface area (Å²) in [4.78, 5) is 16.0. The van der Waals surface area contributed by atoms with Gasteiger partial charge in [0.25, 0.3) is 0 Å². The van der Waals surface area contributed by atoms with Gasteiger partial charge in [0.15, 0.2) is 0 Å². The lowest BCUT2D eigenvalue weighted by atomic mass is 9.84. The summed E-state index contributed by atoms with van der Waals surface area (Å²) in [6.45, 7) is 7.02. The van der Waals surface area contributed by atoms with Crippen LogP contribution in [0.1, 0.15) is 93.6 Å². The second kappa shape index (κ2) is 9.36. The van der Waals surface area contributed by atoms with Crippen LogP contribution in [-0.2, 0) is 21.6 Å². The second-order valence-electron chi connectivity index (χ2n) is 12.8. The molecule has 2 aromatic carbocycles. The van der Waals surface area contributed by atoms with Crippen LogP contribution >= 0.6 is 23.2 Å². The van der Waals surface area contributed by atoms with Gasteiger partial charge < -0.3 is 14.2 Å². The molecule has 3 saturated carbocycles. The van der Waals surface area contributed by atoms with E-state index in [4.69, 9.17) is 32.5 Å². The maximum Gasteiger partial charge on any atom is 0.233 e. The third-order valence-corrected chi connectivity index (χ3v) is 9.58. The zero-order chi connectivity index (χ0) is 27.1. The Bertz CT molecular complexity index is 1430. The van der Waals surface area contributed by atoms with E-state index in [1.54, 1.807) is 0 Å². The number of benzene rings is 2. The van der Waals surface area contributed by atoms with Crippen molar-refractivity contribution in [3.05, 3.63) is 68.9 Å². The van der Waals surface area contributed by atoms with Gasteiger partial charge in [-0.3, -0.25) is 4.79 Å². The number of carbonyl (C=O) groups is 1. The zero-order valence-electron chi connectivity index (χ0n) is 22.7. The summed E-state index contributed by atoms with van der Waals surface area (Å²) < 4.78 is 12.3. The molecular formula is C32H34Cl2N2O3. The summed E-state index contributed by atoms with van der Waals surface area (Å²) in [5.74, 6) is 1.93. The van der Waals surface area contributed by atoms with Crippen molar-refractivity contribution in [2.75, 3.05) is 4.90 Å². The molecule has 1 aliphatic heterocycles. The van der Waals surface area contributed by atoms with Crippen LogP contribution in [0.15, 0.2) is 40.9 Å². The zero-order valence-corrected chi connectivity index (χ0v) is 24.2. The summed E-state index contributed by atoms with van der Waals surface area (Å²) in [5, 5.41) is 5.46. The Kier molecular flexibility index (Phi) is 6.15. The summed E-state index contributed by atoms with van der Waals surface area (Å²) >= 11 is 13.1. The molecule has 5 nitrogen and oxygen atoms in total. The maximum absolute atomic E-state index is 13.9. The number of ether oxygens (including phenoxy) is 1. The van der Waals surface area contributed by atoms with Crippen molar-refractivity contribution in [2.24, 2.45) is 5.92 Å². The van der Waals surface area contributed by atoms with E-state index in [-0.39, 0.29) is 29.4 Å². The van der Waals surface area contributed by atoms with Gasteiger partial charge >= 0.3 is 0 Å². The molecule has 0 unspecified atom stereocenters. The minimum absolute atomic E-state index is 0.0424. The second-order valence-corrected chi connectivity index (χ2v) is 13.6. The van der Waals surface area contributed by atoms with E-state index < -0.39 is 0 Å². The van der Waals surface area contributed by atoms with Gasteiger partial charge in [-0.05, 0) is 79.2 Å². The number of aromatic nitrogens is 1. The lowest BCUT2D eigenvalue weighted by molar-refractivity contribution is -0.126. The Morgan fingerprint density at radius 3 is 2.38 bits per heavy atom. The van der Waals surface area contributed by atoms with Crippen molar-refractivity contribution >= 4 is 34.8 Å². The number of anilines is 1. The highest BCUT2D eigenvalue weighted by Gasteiger charge is 2.53. The average molecular weight is 566 g/mol.